The summed E-state index contributed by atoms with van der Waals surface area (Å²) in [5.41, 5.74) is 0.515. The fourth-order valence-corrected chi connectivity index (χ4v) is 2.00. The standard InChI is InChI=1S/C10H8ClIN4O/c1-16-10(13-5-14-16)15-9(17)7-4-6(11)2-3-8(7)12/h2-5H,1H3,(H,13,14,15,17). The number of halogens is 2. The normalized spacial score (nSPS) is 10.3. The second kappa shape index (κ2) is 5.01. The van der Waals surface area contributed by atoms with E-state index in [1.807, 2.05) is 0 Å². The number of amides is 1. The van der Waals surface area contributed by atoms with Crippen molar-refractivity contribution in [2.45, 2.75) is 0 Å². The second-order valence-electron chi connectivity index (χ2n) is 3.29. The van der Waals surface area contributed by atoms with Crippen LogP contribution in [0.2, 0.25) is 5.02 Å². The summed E-state index contributed by atoms with van der Waals surface area (Å²) < 4.78 is 2.31. The number of carbonyl (C=O) groups is 1. The smallest absolute Gasteiger partial charge is 0.259 e. The molecule has 5 nitrogen and oxygen atoms in total. The Bertz CT molecular complexity index is 569. The van der Waals surface area contributed by atoms with Gasteiger partial charge in [0.1, 0.15) is 6.33 Å². The van der Waals surface area contributed by atoms with Gasteiger partial charge in [-0.3, -0.25) is 10.1 Å². The minimum atomic E-state index is -0.256. The number of benzene rings is 1. The zero-order valence-electron chi connectivity index (χ0n) is 8.82. The number of aryl methyl sites for hydroxylation is 1. The Morgan fingerprint density at radius 2 is 2.29 bits per heavy atom. The first-order valence-electron chi connectivity index (χ1n) is 4.68. The van der Waals surface area contributed by atoms with Gasteiger partial charge in [0.2, 0.25) is 5.95 Å². The van der Waals surface area contributed by atoms with E-state index in [-0.39, 0.29) is 5.91 Å². The molecule has 17 heavy (non-hydrogen) atoms. The van der Waals surface area contributed by atoms with Crippen molar-refractivity contribution >= 4 is 46.0 Å². The first-order chi connectivity index (χ1) is 8.08. The predicted molar refractivity (Wildman–Crippen MR) is 73.1 cm³/mol. The molecule has 0 saturated carbocycles. The largest absolute Gasteiger partial charge is 0.291 e. The van der Waals surface area contributed by atoms with E-state index in [1.165, 1.54) is 11.0 Å². The first kappa shape index (κ1) is 12.3. The van der Waals surface area contributed by atoms with Gasteiger partial charge < -0.3 is 0 Å². The summed E-state index contributed by atoms with van der Waals surface area (Å²) in [5.74, 6) is 0.138. The fraction of sp³-hybridized carbons (Fsp3) is 0.100. The molecule has 0 spiro atoms. The number of aromatic nitrogens is 3. The van der Waals surface area contributed by atoms with Crippen LogP contribution < -0.4 is 5.32 Å². The van der Waals surface area contributed by atoms with Crippen LogP contribution in [0.4, 0.5) is 5.95 Å². The third kappa shape index (κ3) is 2.75. The molecular formula is C10H8ClIN4O. The van der Waals surface area contributed by atoms with Crippen LogP contribution in [0.1, 0.15) is 10.4 Å². The molecule has 2 aromatic rings. The lowest BCUT2D eigenvalue weighted by molar-refractivity contribution is 0.102. The van der Waals surface area contributed by atoms with Crippen molar-refractivity contribution < 1.29 is 4.79 Å². The third-order valence-corrected chi connectivity index (χ3v) is 3.29. The second-order valence-corrected chi connectivity index (χ2v) is 4.88. The molecule has 1 heterocycles. The quantitative estimate of drug-likeness (QED) is 0.834. The van der Waals surface area contributed by atoms with Gasteiger partial charge in [-0.15, -0.1) is 0 Å². The SMILES string of the molecule is Cn1ncnc1NC(=O)c1cc(Cl)ccc1I. The van der Waals surface area contributed by atoms with E-state index in [1.54, 1.807) is 25.2 Å². The third-order valence-electron chi connectivity index (χ3n) is 2.11. The number of hydrogen-bond donors (Lipinski definition) is 1. The molecule has 1 aromatic heterocycles. The summed E-state index contributed by atoms with van der Waals surface area (Å²) in [6.07, 6.45) is 1.37. The molecule has 0 unspecified atom stereocenters. The first-order valence-corrected chi connectivity index (χ1v) is 6.14. The molecule has 7 heteroatoms. The Kier molecular flexibility index (Phi) is 3.63. The molecule has 0 fully saturated rings. The average Bonchev–Trinajstić information content (AvgIpc) is 2.68. The maximum absolute atomic E-state index is 12.0. The van der Waals surface area contributed by atoms with Crippen LogP contribution in [-0.2, 0) is 7.05 Å². The van der Waals surface area contributed by atoms with Crippen LogP contribution in [0.3, 0.4) is 0 Å². The highest BCUT2D eigenvalue weighted by Crippen LogP contribution is 2.18. The van der Waals surface area contributed by atoms with E-state index in [0.29, 0.717) is 16.5 Å². The van der Waals surface area contributed by atoms with Gasteiger partial charge in [0.05, 0.1) is 5.56 Å². The van der Waals surface area contributed by atoms with Crippen molar-refractivity contribution in [3.05, 3.63) is 38.7 Å². The lowest BCUT2D eigenvalue weighted by Crippen LogP contribution is -2.16. The molecule has 0 aliphatic rings. The molecule has 0 radical (unpaired) electrons. The molecular weight excluding hydrogens is 354 g/mol. The molecule has 2 rings (SSSR count). The highest BCUT2D eigenvalue weighted by atomic mass is 127. The Balaban J connectivity index is 2.26. The van der Waals surface area contributed by atoms with E-state index in [9.17, 15) is 4.79 Å². The fourth-order valence-electron chi connectivity index (χ4n) is 1.25. The van der Waals surface area contributed by atoms with E-state index in [4.69, 9.17) is 11.6 Å². The van der Waals surface area contributed by atoms with E-state index >= 15 is 0 Å². The van der Waals surface area contributed by atoms with Gasteiger partial charge >= 0.3 is 0 Å². The van der Waals surface area contributed by atoms with Gasteiger partial charge in [0, 0.05) is 15.6 Å². The summed E-state index contributed by atoms with van der Waals surface area (Å²) in [4.78, 5) is 15.9. The summed E-state index contributed by atoms with van der Waals surface area (Å²) in [6, 6.07) is 5.14. The lowest BCUT2D eigenvalue weighted by Gasteiger charge is -2.06. The van der Waals surface area contributed by atoms with Gasteiger partial charge in [-0.05, 0) is 40.8 Å². The minimum Gasteiger partial charge on any atom is -0.291 e. The molecule has 1 N–H and O–H groups in total. The highest BCUT2D eigenvalue weighted by Gasteiger charge is 2.12. The molecule has 0 aliphatic carbocycles. The number of nitrogens with zero attached hydrogens (tertiary/aromatic N) is 3. The van der Waals surface area contributed by atoms with E-state index in [2.05, 4.69) is 38.0 Å². The zero-order valence-corrected chi connectivity index (χ0v) is 11.7. The van der Waals surface area contributed by atoms with Crippen LogP contribution in [0.15, 0.2) is 24.5 Å². The van der Waals surface area contributed by atoms with Crippen molar-refractivity contribution in [3.63, 3.8) is 0 Å². The maximum atomic E-state index is 12.0. The molecule has 88 valence electrons. The van der Waals surface area contributed by atoms with Crippen molar-refractivity contribution in [2.75, 3.05) is 5.32 Å². The average molecular weight is 363 g/mol. The lowest BCUT2D eigenvalue weighted by atomic mass is 10.2. The van der Waals surface area contributed by atoms with Crippen molar-refractivity contribution in [1.29, 1.82) is 0 Å². The Hall–Kier alpha value is -1.15. The van der Waals surface area contributed by atoms with Crippen LogP contribution in [0.5, 0.6) is 0 Å². The van der Waals surface area contributed by atoms with Gasteiger partial charge in [0.15, 0.2) is 0 Å². The molecule has 1 amide bonds. The van der Waals surface area contributed by atoms with Crippen LogP contribution in [-0.4, -0.2) is 20.7 Å². The molecule has 0 aliphatic heterocycles. The number of nitrogens with one attached hydrogen (secondary N) is 1. The summed E-state index contributed by atoms with van der Waals surface area (Å²) in [5, 5.41) is 7.05. The van der Waals surface area contributed by atoms with Gasteiger partial charge in [-0.1, -0.05) is 11.6 Å². The predicted octanol–water partition coefficient (Wildman–Crippen LogP) is 2.33. The van der Waals surface area contributed by atoms with Crippen LogP contribution >= 0.6 is 34.2 Å². The topological polar surface area (TPSA) is 59.8 Å². The van der Waals surface area contributed by atoms with Crippen LogP contribution in [0, 0.1) is 3.57 Å². The summed E-state index contributed by atoms with van der Waals surface area (Å²) in [6.45, 7) is 0. The summed E-state index contributed by atoms with van der Waals surface area (Å²) >= 11 is 7.94. The van der Waals surface area contributed by atoms with Crippen molar-refractivity contribution in [3.8, 4) is 0 Å². The zero-order chi connectivity index (χ0) is 12.4. The molecule has 0 bridgehead atoms. The van der Waals surface area contributed by atoms with Gasteiger partial charge in [-0.2, -0.15) is 10.1 Å². The van der Waals surface area contributed by atoms with Crippen LogP contribution in [0.25, 0.3) is 0 Å². The number of rotatable bonds is 2. The maximum Gasteiger partial charge on any atom is 0.259 e. The minimum absolute atomic E-state index is 0.256. The molecule has 1 aromatic carbocycles. The van der Waals surface area contributed by atoms with Crippen molar-refractivity contribution in [2.24, 2.45) is 7.05 Å². The Morgan fingerprint density at radius 1 is 1.53 bits per heavy atom. The Labute approximate surface area is 116 Å². The van der Waals surface area contributed by atoms with E-state index in [0.717, 1.165) is 3.57 Å². The summed E-state index contributed by atoms with van der Waals surface area (Å²) in [7, 11) is 1.70. The molecule has 0 saturated heterocycles. The number of carbonyl (C=O) groups excluding carboxylic acids is 1. The Morgan fingerprint density at radius 3 is 2.94 bits per heavy atom. The molecule has 0 atom stereocenters. The highest BCUT2D eigenvalue weighted by molar-refractivity contribution is 14.1. The van der Waals surface area contributed by atoms with Crippen molar-refractivity contribution in [1.82, 2.24) is 14.8 Å². The number of anilines is 1. The van der Waals surface area contributed by atoms with Gasteiger partial charge in [0.25, 0.3) is 5.91 Å². The van der Waals surface area contributed by atoms with Gasteiger partial charge in [-0.25, -0.2) is 4.68 Å². The monoisotopic (exact) mass is 362 g/mol. The van der Waals surface area contributed by atoms with E-state index < -0.39 is 0 Å². The number of hydrogen-bond acceptors (Lipinski definition) is 3.